The summed E-state index contributed by atoms with van der Waals surface area (Å²) in [5, 5.41) is 18.5. The Kier molecular flexibility index (Phi) is 4.60. The molecule has 6 rings (SSSR count). The van der Waals surface area contributed by atoms with Gasteiger partial charge in [0.05, 0.1) is 5.56 Å². The summed E-state index contributed by atoms with van der Waals surface area (Å²) in [6, 6.07) is 6.20. The molecule has 1 aromatic carbocycles. The maximum absolute atomic E-state index is 13.2. The molecule has 3 saturated carbocycles. The Morgan fingerprint density at radius 1 is 1.28 bits per heavy atom. The number of nitrogens with one attached hydrogen (secondary N) is 2. The lowest BCUT2D eigenvalue weighted by Gasteiger charge is -2.46. The number of hydrogen-bond acceptors (Lipinski definition) is 4. The summed E-state index contributed by atoms with van der Waals surface area (Å²) >= 11 is 0. The third kappa shape index (κ3) is 3.43. The molecule has 152 valence electrons. The van der Waals surface area contributed by atoms with Crippen LogP contribution in [-0.4, -0.2) is 37.6 Å². The fourth-order valence-corrected chi connectivity index (χ4v) is 5.37. The fourth-order valence-electron chi connectivity index (χ4n) is 5.37. The van der Waals surface area contributed by atoms with Gasteiger partial charge in [0.25, 0.3) is 5.91 Å². The van der Waals surface area contributed by atoms with E-state index in [1.807, 2.05) is 12.3 Å². The molecule has 0 aliphatic heterocycles. The molecule has 1 amide bonds. The zero-order valence-electron chi connectivity index (χ0n) is 16.9. The average Bonchev–Trinajstić information content (AvgIpc) is 3.40. The van der Waals surface area contributed by atoms with Crippen molar-refractivity contribution in [2.45, 2.75) is 58.4 Å². The number of carbonyl (C=O) groups is 1. The number of aryl methyl sites for hydroxylation is 3. The van der Waals surface area contributed by atoms with Gasteiger partial charge < -0.3 is 9.88 Å². The van der Waals surface area contributed by atoms with Crippen molar-refractivity contribution in [2.75, 3.05) is 6.54 Å². The molecule has 29 heavy (non-hydrogen) atoms. The smallest absolute Gasteiger partial charge is 0.253 e. The Balaban J connectivity index is 1.37. The van der Waals surface area contributed by atoms with E-state index in [9.17, 15) is 4.79 Å². The molecule has 2 heterocycles. The third-order valence-electron chi connectivity index (χ3n) is 7.20. The van der Waals surface area contributed by atoms with Gasteiger partial charge in [-0.25, -0.2) is 0 Å². The summed E-state index contributed by atoms with van der Waals surface area (Å²) < 4.78 is 2.14. The van der Waals surface area contributed by atoms with Gasteiger partial charge in [-0.3, -0.25) is 4.79 Å². The van der Waals surface area contributed by atoms with Crippen molar-refractivity contribution in [1.82, 2.24) is 30.5 Å². The van der Waals surface area contributed by atoms with E-state index in [0.717, 1.165) is 34.5 Å². The molecule has 3 aromatic rings. The number of aromatic amines is 1. The van der Waals surface area contributed by atoms with Crippen LogP contribution in [0.1, 0.15) is 60.3 Å². The molecule has 2 N–H and O–H groups in total. The molecule has 7 heteroatoms. The van der Waals surface area contributed by atoms with E-state index >= 15 is 0 Å². The van der Waals surface area contributed by atoms with E-state index in [2.05, 4.69) is 49.6 Å². The van der Waals surface area contributed by atoms with E-state index in [4.69, 9.17) is 0 Å². The number of amides is 1. The highest BCUT2D eigenvalue weighted by Crippen LogP contribution is 2.49. The second kappa shape index (κ2) is 7.28. The molecule has 0 spiro atoms. The zero-order valence-corrected chi connectivity index (χ0v) is 16.9. The van der Waals surface area contributed by atoms with E-state index in [1.54, 1.807) is 0 Å². The molecule has 0 radical (unpaired) electrons. The number of fused-ring (bicyclic) bond motifs is 4. The van der Waals surface area contributed by atoms with Crippen LogP contribution in [0.4, 0.5) is 0 Å². The second-order valence-electron chi connectivity index (χ2n) is 8.95. The third-order valence-corrected chi connectivity index (χ3v) is 7.20. The average molecular weight is 393 g/mol. The van der Waals surface area contributed by atoms with Gasteiger partial charge in [-0.2, -0.15) is 5.21 Å². The minimum absolute atomic E-state index is 0.0460. The van der Waals surface area contributed by atoms with Crippen molar-refractivity contribution >= 4 is 16.8 Å². The van der Waals surface area contributed by atoms with E-state index in [1.165, 1.54) is 38.5 Å². The number of hydrogen-bond donors (Lipinski definition) is 2. The van der Waals surface area contributed by atoms with Gasteiger partial charge in [-0.15, -0.1) is 10.2 Å². The maximum Gasteiger partial charge on any atom is 0.253 e. The number of carbonyl (C=O) groups excluding carboxylic acids is 1. The highest BCUT2D eigenvalue weighted by molar-refractivity contribution is 6.08. The highest BCUT2D eigenvalue weighted by Gasteiger charge is 2.40. The second-order valence-corrected chi connectivity index (χ2v) is 8.95. The molecule has 0 atom stereocenters. The summed E-state index contributed by atoms with van der Waals surface area (Å²) in [5.74, 6) is 1.66. The van der Waals surface area contributed by atoms with Crippen LogP contribution >= 0.6 is 0 Å². The first-order valence-corrected chi connectivity index (χ1v) is 10.7. The molecular formula is C22H28N6O. The van der Waals surface area contributed by atoms with Crippen LogP contribution < -0.4 is 5.32 Å². The van der Waals surface area contributed by atoms with Crippen LogP contribution in [0.25, 0.3) is 10.9 Å². The van der Waals surface area contributed by atoms with Gasteiger partial charge in [-0.05, 0) is 68.4 Å². The molecule has 3 aliphatic rings. The van der Waals surface area contributed by atoms with Gasteiger partial charge in [-0.1, -0.05) is 17.3 Å². The summed E-state index contributed by atoms with van der Waals surface area (Å²) in [5.41, 5.74) is 3.31. The first-order valence-electron chi connectivity index (χ1n) is 10.7. The van der Waals surface area contributed by atoms with E-state index < -0.39 is 0 Å². The minimum Gasteiger partial charge on any atom is -0.351 e. The molecule has 3 fully saturated rings. The Hall–Kier alpha value is -2.70. The summed E-state index contributed by atoms with van der Waals surface area (Å²) in [7, 11) is 0. The number of aromatic nitrogens is 5. The van der Waals surface area contributed by atoms with Crippen molar-refractivity contribution in [3.8, 4) is 0 Å². The lowest BCUT2D eigenvalue weighted by atomic mass is 9.61. The lowest BCUT2D eigenvalue weighted by Crippen LogP contribution is -2.43. The summed E-state index contributed by atoms with van der Waals surface area (Å²) in [6.07, 6.45) is 10.5. The Morgan fingerprint density at radius 3 is 2.79 bits per heavy atom. The van der Waals surface area contributed by atoms with Crippen molar-refractivity contribution in [1.29, 1.82) is 0 Å². The predicted octanol–water partition coefficient (Wildman–Crippen LogP) is 3.41. The van der Waals surface area contributed by atoms with Crippen LogP contribution in [0.15, 0.2) is 24.4 Å². The number of H-pyrrole nitrogens is 1. The number of tetrazole rings is 1. The van der Waals surface area contributed by atoms with Crippen LogP contribution in [-0.2, 0) is 13.0 Å². The SMILES string of the molecule is Cc1cccc2c1c(C(=O)NCC13CCC(CC1)CC3)cn2CCc1nn[nH]n1. The van der Waals surface area contributed by atoms with Gasteiger partial charge in [0.15, 0.2) is 5.82 Å². The molecule has 2 bridgehead atoms. The summed E-state index contributed by atoms with van der Waals surface area (Å²) in [6.45, 7) is 3.59. The highest BCUT2D eigenvalue weighted by atomic mass is 16.1. The van der Waals surface area contributed by atoms with Crippen LogP contribution in [0.2, 0.25) is 0 Å². The largest absolute Gasteiger partial charge is 0.351 e. The quantitative estimate of drug-likeness (QED) is 0.673. The van der Waals surface area contributed by atoms with E-state index in [0.29, 0.717) is 24.2 Å². The first kappa shape index (κ1) is 18.3. The molecule has 2 aromatic heterocycles. The Morgan fingerprint density at radius 2 is 2.07 bits per heavy atom. The standard InChI is InChI=1S/C22H28N6O/c1-15-3-2-4-18-20(15)17(13-28(18)12-8-19-24-26-27-25-19)21(29)23-14-22-9-5-16(6-10-22)7-11-22/h2-4,13,16H,5-12,14H2,1H3,(H,23,29)(H,24,25,26,27). The number of benzene rings is 1. The first-order chi connectivity index (χ1) is 14.1. The van der Waals surface area contributed by atoms with E-state index in [-0.39, 0.29) is 5.91 Å². The molecule has 0 saturated heterocycles. The monoisotopic (exact) mass is 392 g/mol. The zero-order chi connectivity index (χ0) is 19.8. The molecule has 0 unspecified atom stereocenters. The van der Waals surface area contributed by atoms with Crippen molar-refractivity contribution in [3.63, 3.8) is 0 Å². The van der Waals surface area contributed by atoms with Crippen molar-refractivity contribution in [2.24, 2.45) is 11.3 Å². The number of nitrogens with zero attached hydrogens (tertiary/aromatic N) is 4. The Labute approximate surface area is 170 Å². The minimum atomic E-state index is 0.0460. The van der Waals surface area contributed by atoms with Crippen molar-refractivity contribution < 1.29 is 4.79 Å². The number of rotatable bonds is 6. The van der Waals surface area contributed by atoms with Gasteiger partial charge in [0.1, 0.15) is 0 Å². The normalized spacial score (nSPS) is 23.6. The van der Waals surface area contributed by atoms with Gasteiger partial charge in [0, 0.05) is 36.6 Å². The Bertz CT molecular complexity index is 1000. The lowest BCUT2D eigenvalue weighted by molar-refractivity contribution is 0.0598. The van der Waals surface area contributed by atoms with Crippen LogP contribution in [0.3, 0.4) is 0 Å². The fraction of sp³-hybridized carbons (Fsp3) is 0.545. The predicted molar refractivity (Wildman–Crippen MR) is 111 cm³/mol. The summed E-state index contributed by atoms with van der Waals surface area (Å²) in [4.78, 5) is 13.2. The molecular weight excluding hydrogens is 364 g/mol. The van der Waals surface area contributed by atoms with Crippen LogP contribution in [0.5, 0.6) is 0 Å². The molecule has 7 nitrogen and oxygen atoms in total. The maximum atomic E-state index is 13.2. The molecule has 3 aliphatic carbocycles. The van der Waals surface area contributed by atoms with Crippen LogP contribution in [0, 0.1) is 18.3 Å². The van der Waals surface area contributed by atoms with Crippen molar-refractivity contribution in [3.05, 3.63) is 41.3 Å². The van der Waals surface area contributed by atoms with Gasteiger partial charge in [0.2, 0.25) is 0 Å². The van der Waals surface area contributed by atoms with Gasteiger partial charge >= 0.3 is 0 Å². The topological polar surface area (TPSA) is 88.5 Å².